The van der Waals surface area contributed by atoms with E-state index in [1.165, 1.54) is 24.3 Å². The zero-order valence-electron chi connectivity index (χ0n) is 10.0. The third-order valence-corrected chi connectivity index (χ3v) is 3.04. The molecule has 1 aromatic rings. The van der Waals surface area contributed by atoms with E-state index in [0.717, 1.165) is 4.90 Å². The molecular formula is C13H12NO5-. The molecule has 1 fully saturated rings. The van der Waals surface area contributed by atoms with Gasteiger partial charge in [0, 0.05) is 12.8 Å². The number of carbonyl (C=O) groups is 3. The molecule has 1 atom stereocenters. The van der Waals surface area contributed by atoms with Crippen molar-refractivity contribution in [3.8, 4) is 5.75 Å². The number of carboxylic acids is 1. The number of hydrogen-bond donors (Lipinski definition) is 1. The maximum absolute atomic E-state index is 11.5. The van der Waals surface area contributed by atoms with Crippen molar-refractivity contribution < 1.29 is 24.6 Å². The monoisotopic (exact) mass is 262 g/mol. The van der Waals surface area contributed by atoms with Gasteiger partial charge in [0.1, 0.15) is 5.75 Å². The molecular weight excluding hydrogens is 250 g/mol. The zero-order valence-corrected chi connectivity index (χ0v) is 10.0. The minimum absolute atomic E-state index is 0.0277. The molecule has 1 aliphatic rings. The van der Waals surface area contributed by atoms with Crippen molar-refractivity contribution in [2.75, 3.05) is 0 Å². The molecule has 6 heteroatoms. The Bertz CT molecular complexity index is 506. The molecule has 0 bridgehead atoms. The van der Waals surface area contributed by atoms with Gasteiger partial charge in [0.05, 0.1) is 12.0 Å². The summed E-state index contributed by atoms with van der Waals surface area (Å²) >= 11 is 0. The standard InChI is InChI=1S/C13H13NO5/c15-9-3-1-8(2-4-9)7-10(13(18)19)14-11(16)5-6-12(14)17/h1-4,10,15H,5-7H2,(H,18,19)/p-1. The van der Waals surface area contributed by atoms with Crippen molar-refractivity contribution in [1.29, 1.82) is 0 Å². The van der Waals surface area contributed by atoms with E-state index in [0.29, 0.717) is 5.56 Å². The number of amides is 2. The Morgan fingerprint density at radius 3 is 2.21 bits per heavy atom. The van der Waals surface area contributed by atoms with Crippen molar-refractivity contribution in [3.05, 3.63) is 29.8 Å². The molecule has 0 spiro atoms. The topological polar surface area (TPSA) is 97.7 Å². The Labute approximate surface area is 109 Å². The number of phenols is 1. The Balaban J connectivity index is 2.21. The second kappa shape index (κ2) is 5.09. The predicted molar refractivity (Wildman–Crippen MR) is 61.7 cm³/mol. The second-order valence-corrected chi connectivity index (χ2v) is 4.36. The molecule has 1 aromatic carbocycles. The highest BCUT2D eigenvalue weighted by Gasteiger charge is 2.35. The fourth-order valence-electron chi connectivity index (χ4n) is 2.08. The lowest BCUT2D eigenvalue weighted by Crippen LogP contribution is -2.51. The van der Waals surface area contributed by atoms with Crippen LogP contribution in [0.3, 0.4) is 0 Å². The van der Waals surface area contributed by atoms with E-state index in [1.54, 1.807) is 0 Å². The smallest absolute Gasteiger partial charge is 0.230 e. The molecule has 100 valence electrons. The number of likely N-dealkylation sites (tertiary alicyclic amines) is 1. The number of nitrogens with zero attached hydrogens (tertiary/aromatic N) is 1. The van der Waals surface area contributed by atoms with Crippen LogP contribution in [0.2, 0.25) is 0 Å². The van der Waals surface area contributed by atoms with Gasteiger partial charge in [-0.1, -0.05) is 12.1 Å². The largest absolute Gasteiger partial charge is 0.548 e. The third kappa shape index (κ3) is 2.73. The molecule has 0 aromatic heterocycles. The fraction of sp³-hybridized carbons (Fsp3) is 0.308. The lowest BCUT2D eigenvalue weighted by Gasteiger charge is -2.27. The van der Waals surface area contributed by atoms with Crippen LogP contribution in [0.25, 0.3) is 0 Å². The van der Waals surface area contributed by atoms with E-state index in [1.807, 2.05) is 0 Å². The highest BCUT2D eigenvalue weighted by atomic mass is 16.4. The quantitative estimate of drug-likeness (QED) is 0.716. The Morgan fingerprint density at radius 2 is 1.74 bits per heavy atom. The number of benzene rings is 1. The summed E-state index contributed by atoms with van der Waals surface area (Å²) in [4.78, 5) is 35.0. The lowest BCUT2D eigenvalue weighted by atomic mass is 10.0. The van der Waals surface area contributed by atoms with E-state index in [9.17, 15) is 19.5 Å². The van der Waals surface area contributed by atoms with Crippen LogP contribution in [-0.2, 0) is 20.8 Å². The van der Waals surface area contributed by atoms with Gasteiger partial charge >= 0.3 is 0 Å². The first kappa shape index (κ1) is 13.1. The highest BCUT2D eigenvalue weighted by molar-refractivity contribution is 6.04. The van der Waals surface area contributed by atoms with Gasteiger partial charge in [0.25, 0.3) is 0 Å². The molecule has 2 rings (SSSR count). The van der Waals surface area contributed by atoms with Crippen LogP contribution in [0.5, 0.6) is 5.75 Å². The number of imide groups is 1. The number of aromatic hydroxyl groups is 1. The molecule has 0 aliphatic carbocycles. The normalized spacial score (nSPS) is 16.7. The summed E-state index contributed by atoms with van der Waals surface area (Å²) in [6.07, 6.45) is 0.0521. The van der Waals surface area contributed by atoms with Crippen molar-refractivity contribution in [2.45, 2.75) is 25.3 Å². The SMILES string of the molecule is O=C([O-])C(Cc1ccc(O)cc1)N1C(=O)CCC1=O. The lowest BCUT2D eigenvalue weighted by molar-refractivity contribution is -0.310. The molecule has 2 amide bonds. The van der Waals surface area contributed by atoms with Gasteiger partial charge in [-0.15, -0.1) is 0 Å². The first-order chi connectivity index (χ1) is 8.99. The Kier molecular flexibility index (Phi) is 3.50. The maximum atomic E-state index is 11.5. The van der Waals surface area contributed by atoms with Crippen LogP contribution in [0.1, 0.15) is 18.4 Å². The van der Waals surface area contributed by atoms with Gasteiger partial charge < -0.3 is 15.0 Å². The summed E-state index contributed by atoms with van der Waals surface area (Å²) in [6, 6.07) is 4.60. The zero-order chi connectivity index (χ0) is 14.0. The van der Waals surface area contributed by atoms with Crippen LogP contribution in [-0.4, -0.2) is 33.8 Å². The van der Waals surface area contributed by atoms with Crippen LogP contribution in [0.15, 0.2) is 24.3 Å². The van der Waals surface area contributed by atoms with Crippen LogP contribution in [0.4, 0.5) is 0 Å². The van der Waals surface area contributed by atoms with E-state index < -0.39 is 23.8 Å². The Morgan fingerprint density at radius 1 is 1.21 bits per heavy atom. The number of carbonyl (C=O) groups excluding carboxylic acids is 3. The van der Waals surface area contributed by atoms with E-state index >= 15 is 0 Å². The van der Waals surface area contributed by atoms with E-state index in [4.69, 9.17) is 5.11 Å². The van der Waals surface area contributed by atoms with Crippen molar-refractivity contribution in [1.82, 2.24) is 4.90 Å². The Hall–Kier alpha value is -2.37. The number of hydrogen-bond acceptors (Lipinski definition) is 5. The van der Waals surface area contributed by atoms with Gasteiger partial charge in [-0.3, -0.25) is 14.5 Å². The predicted octanol–water partition coefficient (Wildman–Crippen LogP) is -0.798. The summed E-state index contributed by atoms with van der Waals surface area (Å²) in [5, 5.41) is 20.3. The molecule has 19 heavy (non-hydrogen) atoms. The minimum Gasteiger partial charge on any atom is -0.548 e. The number of aliphatic carboxylic acids is 1. The van der Waals surface area contributed by atoms with Crippen molar-refractivity contribution in [3.63, 3.8) is 0 Å². The second-order valence-electron chi connectivity index (χ2n) is 4.36. The summed E-state index contributed by atoms with van der Waals surface area (Å²) < 4.78 is 0. The average molecular weight is 262 g/mol. The first-order valence-corrected chi connectivity index (χ1v) is 5.82. The third-order valence-electron chi connectivity index (χ3n) is 3.04. The summed E-state index contributed by atoms with van der Waals surface area (Å²) in [7, 11) is 0. The van der Waals surface area contributed by atoms with Gasteiger partial charge in [-0.2, -0.15) is 0 Å². The van der Waals surface area contributed by atoms with Crippen molar-refractivity contribution in [2.24, 2.45) is 0 Å². The van der Waals surface area contributed by atoms with Gasteiger partial charge in [-0.05, 0) is 24.1 Å². The van der Waals surface area contributed by atoms with E-state index in [-0.39, 0.29) is 25.0 Å². The fourth-order valence-corrected chi connectivity index (χ4v) is 2.08. The van der Waals surface area contributed by atoms with Gasteiger partial charge in [0.2, 0.25) is 11.8 Å². The van der Waals surface area contributed by atoms with Gasteiger partial charge in [-0.25, -0.2) is 0 Å². The molecule has 1 unspecified atom stereocenters. The van der Waals surface area contributed by atoms with Crippen LogP contribution in [0, 0.1) is 0 Å². The number of phenolic OH excluding ortho intramolecular Hbond substituents is 1. The number of carboxylic acid groups (broad SMARTS) is 1. The summed E-state index contributed by atoms with van der Waals surface area (Å²) in [6.45, 7) is 0. The molecule has 1 aliphatic heterocycles. The maximum Gasteiger partial charge on any atom is 0.230 e. The van der Waals surface area contributed by atoms with Crippen molar-refractivity contribution >= 4 is 17.8 Å². The molecule has 0 saturated carbocycles. The van der Waals surface area contributed by atoms with E-state index in [2.05, 4.69) is 0 Å². The molecule has 1 N–H and O–H groups in total. The molecule has 1 heterocycles. The average Bonchev–Trinajstić information content (AvgIpc) is 2.68. The molecule has 6 nitrogen and oxygen atoms in total. The van der Waals surface area contributed by atoms with Crippen LogP contribution >= 0.6 is 0 Å². The molecule has 1 saturated heterocycles. The molecule has 0 radical (unpaired) electrons. The first-order valence-electron chi connectivity index (χ1n) is 5.82. The summed E-state index contributed by atoms with van der Waals surface area (Å²) in [5.41, 5.74) is 0.597. The number of rotatable bonds is 4. The van der Waals surface area contributed by atoms with Gasteiger partial charge in [0.15, 0.2) is 0 Å². The minimum atomic E-state index is -1.46. The highest BCUT2D eigenvalue weighted by Crippen LogP contribution is 2.19. The van der Waals surface area contributed by atoms with Crippen LogP contribution < -0.4 is 5.11 Å². The summed E-state index contributed by atoms with van der Waals surface area (Å²) in [5.74, 6) is -2.38.